The second kappa shape index (κ2) is 5.33. The van der Waals surface area contributed by atoms with Crippen LogP contribution in [0.2, 0.25) is 0 Å². The number of ketones is 1. The number of rotatable bonds is 5. The summed E-state index contributed by atoms with van der Waals surface area (Å²) in [6.45, 7) is 3.43. The smallest absolute Gasteiger partial charge is 0.297 e. The topological polar surface area (TPSA) is 95.1 Å². The van der Waals surface area contributed by atoms with Crippen LogP contribution in [-0.4, -0.2) is 20.3 Å². The zero-order chi connectivity index (χ0) is 13.0. The molecule has 0 bridgehead atoms. The first kappa shape index (κ1) is 13.0. The summed E-state index contributed by atoms with van der Waals surface area (Å²) in [4.78, 5) is 36.1. The molecule has 1 aromatic heterocycles. The number of hydrogen-bond acceptors (Lipinski definition) is 5. The third-order valence-corrected chi connectivity index (χ3v) is 2.54. The van der Waals surface area contributed by atoms with Gasteiger partial charge in [-0.3, -0.25) is 19.5 Å². The SMILES string of the molecule is CCC(C)C(=O)Cn1cc([N+](=O)[O-])cnc1=O. The summed E-state index contributed by atoms with van der Waals surface area (Å²) in [5.41, 5.74) is -0.964. The molecule has 1 atom stereocenters. The van der Waals surface area contributed by atoms with Crippen molar-refractivity contribution < 1.29 is 9.72 Å². The van der Waals surface area contributed by atoms with E-state index in [2.05, 4.69) is 4.98 Å². The zero-order valence-corrected chi connectivity index (χ0v) is 9.62. The Balaban J connectivity index is 2.98. The molecular formula is C10H13N3O4. The molecule has 0 saturated carbocycles. The van der Waals surface area contributed by atoms with Gasteiger partial charge in [0, 0.05) is 5.92 Å². The van der Waals surface area contributed by atoms with Gasteiger partial charge in [-0.2, -0.15) is 4.98 Å². The van der Waals surface area contributed by atoms with Crippen LogP contribution in [0.3, 0.4) is 0 Å². The highest BCUT2D eigenvalue weighted by atomic mass is 16.6. The summed E-state index contributed by atoms with van der Waals surface area (Å²) in [6, 6.07) is 0. The molecule has 0 N–H and O–H groups in total. The van der Waals surface area contributed by atoms with Gasteiger partial charge in [-0.25, -0.2) is 4.79 Å². The summed E-state index contributed by atoms with van der Waals surface area (Å²) < 4.78 is 0.965. The molecule has 0 aliphatic heterocycles. The summed E-state index contributed by atoms with van der Waals surface area (Å²) in [7, 11) is 0. The molecule has 7 nitrogen and oxygen atoms in total. The van der Waals surface area contributed by atoms with Crippen LogP contribution in [0.15, 0.2) is 17.2 Å². The summed E-state index contributed by atoms with van der Waals surface area (Å²) in [6.07, 6.45) is 2.58. The number of hydrogen-bond donors (Lipinski definition) is 0. The molecule has 92 valence electrons. The van der Waals surface area contributed by atoms with Crippen LogP contribution in [-0.2, 0) is 11.3 Å². The Labute approximate surface area is 97.2 Å². The predicted octanol–water partition coefficient (Wildman–Crippen LogP) is 0.767. The molecule has 0 aliphatic carbocycles. The molecule has 0 aliphatic rings. The maximum atomic E-state index is 11.6. The Morgan fingerprint density at radius 2 is 2.29 bits per heavy atom. The molecule has 1 rings (SSSR count). The average Bonchev–Trinajstić information content (AvgIpc) is 2.30. The molecule has 0 amide bonds. The van der Waals surface area contributed by atoms with E-state index in [1.165, 1.54) is 0 Å². The van der Waals surface area contributed by atoms with Gasteiger partial charge in [-0.15, -0.1) is 0 Å². The van der Waals surface area contributed by atoms with E-state index in [0.717, 1.165) is 17.0 Å². The minimum atomic E-state index is -0.660. The van der Waals surface area contributed by atoms with E-state index in [-0.39, 0.29) is 23.9 Å². The Kier molecular flexibility index (Phi) is 4.08. The lowest BCUT2D eigenvalue weighted by Crippen LogP contribution is -2.28. The summed E-state index contributed by atoms with van der Waals surface area (Å²) >= 11 is 0. The van der Waals surface area contributed by atoms with Crippen molar-refractivity contribution >= 4 is 11.5 Å². The number of Topliss-reactive ketones (excluding diaryl/α,β-unsaturated/α-hetero) is 1. The molecule has 1 unspecified atom stereocenters. The van der Waals surface area contributed by atoms with E-state index in [9.17, 15) is 19.7 Å². The number of aromatic nitrogens is 2. The standard InChI is InChI=1S/C10H13N3O4/c1-3-7(2)9(14)6-12-5-8(13(16)17)4-11-10(12)15/h4-5,7H,3,6H2,1-2H3. The number of carbonyl (C=O) groups excluding carboxylic acids is 1. The van der Waals surface area contributed by atoms with Crippen molar-refractivity contribution in [1.29, 1.82) is 0 Å². The lowest BCUT2D eigenvalue weighted by atomic mass is 10.0. The van der Waals surface area contributed by atoms with Crippen LogP contribution in [0.4, 0.5) is 5.69 Å². The van der Waals surface area contributed by atoms with Crippen molar-refractivity contribution in [2.45, 2.75) is 26.8 Å². The molecule has 7 heteroatoms. The van der Waals surface area contributed by atoms with Gasteiger partial charge in [0.1, 0.15) is 6.20 Å². The molecule has 0 radical (unpaired) electrons. The van der Waals surface area contributed by atoms with Crippen LogP contribution >= 0.6 is 0 Å². The maximum absolute atomic E-state index is 11.6. The van der Waals surface area contributed by atoms with E-state index < -0.39 is 10.6 Å². The largest absolute Gasteiger partial charge is 0.348 e. The van der Waals surface area contributed by atoms with E-state index in [1.54, 1.807) is 6.92 Å². The first-order valence-corrected chi connectivity index (χ1v) is 5.19. The van der Waals surface area contributed by atoms with E-state index >= 15 is 0 Å². The van der Waals surface area contributed by atoms with Crippen LogP contribution < -0.4 is 5.69 Å². The molecular weight excluding hydrogens is 226 g/mol. The fourth-order valence-electron chi connectivity index (χ4n) is 1.20. The van der Waals surface area contributed by atoms with Gasteiger partial charge in [0.25, 0.3) is 0 Å². The van der Waals surface area contributed by atoms with Gasteiger partial charge in [0.05, 0.1) is 17.7 Å². The van der Waals surface area contributed by atoms with Crippen LogP contribution in [0, 0.1) is 16.0 Å². The lowest BCUT2D eigenvalue weighted by molar-refractivity contribution is -0.385. The van der Waals surface area contributed by atoms with Gasteiger partial charge < -0.3 is 0 Å². The first-order chi connectivity index (χ1) is 7.95. The number of nitrogens with zero attached hydrogens (tertiary/aromatic N) is 3. The van der Waals surface area contributed by atoms with Crippen molar-refractivity contribution in [1.82, 2.24) is 9.55 Å². The highest BCUT2D eigenvalue weighted by Crippen LogP contribution is 2.07. The summed E-state index contributed by atoms with van der Waals surface area (Å²) in [5, 5.41) is 10.5. The monoisotopic (exact) mass is 239 g/mol. The Hall–Kier alpha value is -2.05. The van der Waals surface area contributed by atoms with Gasteiger partial charge in [-0.1, -0.05) is 13.8 Å². The first-order valence-electron chi connectivity index (χ1n) is 5.19. The summed E-state index contributed by atoms with van der Waals surface area (Å²) in [5.74, 6) is -0.321. The quantitative estimate of drug-likeness (QED) is 0.558. The number of carbonyl (C=O) groups is 1. The Bertz CT molecular complexity index is 495. The predicted molar refractivity (Wildman–Crippen MR) is 59.6 cm³/mol. The van der Waals surface area contributed by atoms with Crippen LogP contribution in [0.25, 0.3) is 0 Å². The fraction of sp³-hybridized carbons (Fsp3) is 0.500. The zero-order valence-electron chi connectivity index (χ0n) is 9.62. The molecule has 17 heavy (non-hydrogen) atoms. The highest BCUT2D eigenvalue weighted by molar-refractivity contribution is 5.80. The van der Waals surface area contributed by atoms with Crippen molar-refractivity contribution in [2.75, 3.05) is 0 Å². The maximum Gasteiger partial charge on any atom is 0.348 e. The van der Waals surface area contributed by atoms with E-state index in [4.69, 9.17) is 0 Å². The van der Waals surface area contributed by atoms with Gasteiger partial charge in [0.2, 0.25) is 0 Å². The molecule has 1 heterocycles. The minimum absolute atomic E-state index is 0.142. The highest BCUT2D eigenvalue weighted by Gasteiger charge is 2.15. The van der Waals surface area contributed by atoms with Gasteiger partial charge in [0.15, 0.2) is 5.78 Å². The lowest BCUT2D eigenvalue weighted by Gasteiger charge is -2.08. The molecule has 0 fully saturated rings. The second-order valence-electron chi connectivity index (χ2n) is 3.76. The van der Waals surface area contributed by atoms with E-state index in [1.807, 2.05) is 6.92 Å². The van der Waals surface area contributed by atoms with E-state index in [0.29, 0.717) is 6.42 Å². The van der Waals surface area contributed by atoms with Crippen molar-refractivity contribution in [3.63, 3.8) is 0 Å². The Morgan fingerprint density at radius 3 is 2.82 bits per heavy atom. The average molecular weight is 239 g/mol. The number of nitro groups is 1. The Morgan fingerprint density at radius 1 is 1.65 bits per heavy atom. The molecule has 0 aromatic carbocycles. The van der Waals surface area contributed by atoms with Crippen LogP contribution in [0.5, 0.6) is 0 Å². The van der Waals surface area contributed by atoms with Gasteiger partial charge >= 0.3 is 11.4 Å². The minimum Gasteiger partial charge on any atom is -0.297 e. The third kappa shape index (κ3) is 3.20. The molecule has 1 aromatic rings. The second-order valence-corrected chi connectivity index (χ2v) is 3.76. The van der Waals surface area contributed by atoms with Gasteiger partial charge in [-0.05, 0) is 6.42 Å². The third-order valence-electron chi connectivity index (χ3n) is 2.54. The van der Waals surface area contributed by atoms with Crippen LogP contribution in [0.1, 0.15) is 20.3 Å². The molecule has 0 spiro atoms. The fourth-order valence-corrected chi connectivity index (χ4v) is 1.20. The van der Waals surface area contributed by atoms with Crippen molar-refractivity contribution in [3.8, 4) is 0 Å². The molecule has 0 saturated heterocycles. The normalized spacial score (nSPS) is 12.1. The van der Waals surface area contributed by atoms with Crippen molar-refractivity contribution in [3.05, 3.63) is 33.0 Å². The van der Waals surface area contributed by atoms with Crippen molar-refractivity contribution in [2.24, 2.45) is 5.92 Å².